The summed E-state index contributed by atoms with van der Waals surface area (Å²) in [5.74, 6) is -0.775. The zero-order valence-electron chi connectivity index (χ0n) is 14.9. The number of carboxylic acids is 1. The Kier molecular flexibility index (Phi) is 7.91. The van der Waals surface area contributed by atoms with Gasteiger partial charge in [-0.1, -0.05) is 23.7 Å². The van der Waals surface area contributed by atoms with Gasteiger partial charge in [-0.05, 0) is 36.4 Å². The molecule has 0 saturated carbocycles. The smallest absolute Gasteiger partial charge is 0.321 e. The molecule has 1 atom stereocenters. The van der Waals surface area contributed by atoms with Crippen LogP contribution in [0, 0.1) is 0 Å². The Hall–Kier alpha value is -2.77. The monoisotopic (exact) mass is 391 g/mol. The van der Waals surface area contributed by atoms with Crippen LogP contribution in [0.3, 0.4) is 0 Å². The molecule has 1 amide bonds. The lowest BCUT2D eigenvalue weighted by Gasteiger charge is -2.16. The molecule has 1 unspecified atom stereocenters. The topological polar surface area (TPSA) is 99.7 Å². The second-order valence-electron chi connectivity index (χ2n) is 5.73. The number of anilines is 2. The van der Waals surface area contributed by atoms with Crippen molar-refractivity contribution < 1.29 is 19.4 Å². The Morgan fingerprint density at radius 2 is 1.81 bits per heavy atom. The highest BCUT2D eigenvalue weighted by molar-refractivity contribution is 6.30. The fourth-order valence-electron chi connectivity index (χ4n) is 2.41. The zero-order chi connectivity index (χ0) is 19.6. The van der Waals surface area contributed by atoms with Crippen LogP contribution in [0.15, 0.2) is 48.5 Å². The van der Waals surface area contributed by atoms with Crippen LogP contribution in [-0.2, 0) is 9.59 Å². The Balaban J connectivity index is 1.80. The fourth-order valence-corrected chi connectivity index (χ4v) is 2.54. The highest BCUT2D eigenvalue weighted by atomic mass is 35.5. The third-order valence-corrected chi connectivity index (χ3v) is 4.01. The molecule has 0 aliphatic heterocycles. The molecule has 0 saturated heterocycles. The second kappa shape index (κ2) is 10.4. The lowest BCUT2D eigenvalue weighted by atomic mass is 10.2. The van der Waals surface area contributed by atoms with Gasteiger partial charge in [0.15, 0.2) is 0 Å². The molecule has 2 aromatic rings. The van der Waals surface area contributed by atoms with Gasteiger partial charge in [-0.25, -0.2) is 0 Å². The molecule has 0 aromatic heterocycles. The van der Waals surface area contributed by atoms with Gasteiger partial charge in [0, 0.05) is 23.8 Å². The molecule has 7 nitrogen and oxygen atoms in total. The summed E-state index contributed by atoms with van der Waals surface area (Å²) in [5.41, 5.74) is 1.38. The summed E-state index contributed by atoms with van der Waals surface area (Å²) < 4.78 is 5.24. The standard InChI is InChI=1S/C19H22ClN3O4/c1-27-17-5-3-2-4-15(17)21-10-11-22-16(19(25)26)12-18(24)23-14-8-6-13(20)7-9-14/h2-9,16,21-22H,10-12H2,1H3,(H,23,24)(H,25,26). The third kappa shape index (κ3) is 6.80. The number of hydrogen-bond donors (Lipinski definition) is 4. The molecule has 144 valence electrons. The average molecular weight is 392 g/mol. The van der Waals surface area contributed by atoms with Crippen LogP contribution in [0.5, 0.6) is 5.75 Å². The Labute approximate surface area is 162 Å². The van der Waals surface area contributed by atoms with Crippen LogP contribution in [0.4, 0.5) is 11.4 Å². The molecule has 0 radical (unpaired) electrons. The van der Waals surface area contributed by atoms with E-state index in [1.54, 1.807) is 31.4 Å². The van der Waals surface area contributed by atoms with Gasteiger partial charge in [0.05, 0.1) is 19.2 Å². The largest absolute Gasteiger partial charge is 0.495 e. The summed E-state index contributed by atoms with van der Waals surface area (Å²) in [7, 11) is 1.58. The van der Waals surface area contributed by atoms with Gasteiger partial charge in [-0.3, -0.25) is 9.59 Å². The lowest BCUT2D eigenvalue weighted by molar-refractivity contribution is -0.141. The molecule has 0 heterocycles. The minimum absolute atomic E-state index is 0.188. The zero-order valence-corrected chi connectivity index (χ0v) is 15.6. The first-order valence-corrected chi connectivity index (χ1v) is 8.76. The van der Waals surface area contributed by atoms with Crippen molar-refractivity contribution in [3.8, 4) is 5.75 Å². The van der Waals surface area contributed by atoms with Crippen molar-refractivity contribution in [2.45, 2.75) is 12.5 Å². The molecule has 0 aliphatic carbocycles. The summed E-state index contributed by atoms with van der Waals surface area (Å²) in [6.45, 7) is 0.839. The molecule has 0 fully saturated rings. The summed E-state index contributed by atoms with van der Waals surface area (Å²) in [4.78, 5) is 23.5. The number of methoxy groups -OCH3 is 1. The molecule has 2 rings (SSSR count). The van der Waals surface area contributed by atoms with Gasteiger partial charge >= 0.3 is 5.97 Å². The summed E-state index contributed by atoms with van der Waals surface area (Å²) >= 11 is 5.79. The van der Waals surface area contributed by atoms with Gasteiger partial charge in [-0.15, -0.1) is 0 Å². The summed E-state index contributed by atoms with van der Waals surface area (Å²) in [5, 5.41) is 18.6. The maximum Gasteiger partial charge on any atom is 0.321 e. The molecule has 27 heavy (non-hydrogen) atoms. The lowest BCUT2D eigenvalue weighted by Crippen LogP contribution is -2.41. The maximum absolute atomic E-state index is 12.1. The molecule has 0 bridgehead atoms. The number of nitrogens with one attached hydrogen (secondary N) is 3. The number of halogens is 1. The van der Waals surface area contributed by atoms with Crippen molar-refractivity contribution in [3.63, 3.8) is 0 Å². The summed E-state index contributed by atoms with van der Waals surface area (Å²) in [6, 6.07) is 13.0. The number of carbonyl (C=O) groups is 2. The third-order valence-electron chi connectivity index (χ3n) is 3.75. The molecule has 0 aliphatic rings. The normalized spacial score (nSPS) is 11.5. The molecular formula is C19H22ClN3O4. The van der Waals surface area contributed by atoms with E-state index in [-0.39, 0.29) is 6.42 Å². The van der Waals surface area contributed by atoms with E-state index in [1.165, 1.54) is 0 Å². The Morgan fingerprint density at radius 3 is 2.48 bits per heavy atom. The van der Waals surface area contributed by atoms with Gasteiger partial charge < -0.3 is 25.8 Å². The fraction of sp³-hybridized carbons (Fsp3) is 0.263. The van der Waals surface area contributed by atoms with Gasteiger partial charge in [0.2, 0.25) is 5.91 Å². The van der Waals surface area contributed by atoms with E-state index in [1.807, 2.05) is 24.3 Å². The van der Waals surface area contributed by atoms with E-state index in [2.05, 4.69) is 16.0 Å². The molecule has 4 N–H and O–H groups in total. The minimum Gasteiger partial charge on any atom is -0.495 e. The van der Waals surface area contributed by atoms with Gasteiger partial charge in [-0.2, -0.15) is 0 Å². The predicted molar refractivity (Wildman–Crippen MR) is 106 cm³/mol. The Bertz CT molecular complexity index is 768. The first-order chi connectivity index (χ1) is 13.0. The number of hydrogen-bond acceptors (Lipinski definition) is 5. The van der Waals surface area contributed by atoms with E-state index in [0.717, 1.165) is 5.69 Å². The van der Waals surface area contributed by atoms with Crippen LogP contribution in [0.1, 0.15) is 6.42 Å². The highest BCUT2D eigenvalue weighted by Gasteiger charge is 2.20. The van der Waals surface area contributed by atoms with Crippen molar-refractivity contribution in [2.75, 3.05) is 30.8 Å². The van der Waals surface area contributed by atoms with Crippen molar-refractivity contribution in [1.29, 1.82) is 0 Å². The van der Waals surface area contributed by atoms with Crippen LogP contribution in [-0.4, -0.2) is 43.2 Å². The number of para-hydroxylation sites is 2. The number of amides is 1. The van der Waals surface area contributed by atoms with Crippen molar-refractivity contribution in [2.24, 2.45) is 0 Å². The van der Waals surface area contributed by atoms with Gasteiger partial charge in [0.25, 0.3) is 0 Å². The van der Waals surface area contributed by atoms with E-state index >= 15 is 0 Å². The van der Waals surface area contributed by atoms with E-state index in [9.17, 15) is 14.7 Å². The predicted octanol–water partition coefficient (Wildman–Crippen LogP) is 2.83. The minimum atomic E-state index is -1.08. The molecule has 2 aromatic carbocycles. The number of carbonyl (C=O) groups excluding carboxylic acids is 1. The number of aliphatic carboxylic acids is 1. The van der Waals surface area contributed by atoms with Crippen LogP contribution < -0.4 is 20.7 Å². The van der Waals surface area contributed by atoms with Crippen LogP contribution >= 0.6 is 11.6 Å². The number of benzene rings is 2. The number of rotatable bonds is 10. The molecule has 8 heteroatoms. The molecule has 0 spiro atoms. The first-order valence-electron chi connectivity index (χ1n) is 8.38. The highest BCUT2D eigenvalue weighted by Crippen LogP contribution is 2.22. The maximum atomic E-state index is 12.1. The number of carboxylic acid groups (broad SMARTS) is 1. The number of ether oxygens (including phenoxy) is 1. The van der Waals surface area contributed by atoms with E-state index < -0.39 is 17.9 Å². The SMILES string of the molecule is COc1ccccc1NCCNC(CC(=O)Nc1ccc(Cl)cc1)C(=O)O. The van der Waals surface area contributed by atoms with E-state index in [4.69, 9.17) is 16.3 Å². The average Bonchev–Trinajstić information content (AvgIpc) is 2.66. The van der Waals surface area contributed by atoms with E-state index in [0.29, 0.717) is 29.5 Å². The second-order valence-corrected chi connectivity index (χ2v) is 6.17. The van der Waals surface area contributed by atoms with Gasteiger partial charge in [0.1, 0.15) is 11.8 Å². The quantitative estimate of drug-likeness (QED) is 0.465. The Morgan fingerprint density at radius 1 is 1.11 bits per heavy atom. The van der Waals surface area contributed by atoms with Crippen LogP contribution in [0.25, 0.3) is 0 Å². The first kappa shape index (κ1) is 20.5. The van der Waals surface area contributed by atoms with Crippen molar-refractivity contribution in [3.05, 3.63) is 53.6 Å². The van der Waals surface area contributed by atoms with Crippen molar-refractivity contribution in [1.82, 2.24) is 5.32 Å². The summed E-state index contributed by atoms with van der Waals surface area (Å²) in [6.07, 6.45) is -0.188. The van der Waals surface area contributed by atoms with Crippen LogP contribution in [0.2, 0.25) is 5.02 Å². The molecular weight excluding hydrogens is 370 g/mol. The van der Waals surface area contributed by atoms with Crippen molar-refractivity contribution >= 4 is 34.9 Å².